The number of esters is 1. The first kappa shape index (κ1) is 26.1. The largest absolute Gasteiger partial charge is 0.457 e. The molecule has 1 aliphatic rings. The molecular weight excluding hydrogens is 528 g/mol. The third kappa shape index (κ3) is 5.00. The molecule has 0 aliphatic carbocycles. The van der Waals surface area contributed by atoms with Gasteiger partial charge in [0, 0.05) is 27.4 Å². The van der Waals surface area contributed by atoms with Crippen molar-refractivity contribution in [1.82, 2.24) is 4.90 Å². The summed E-state index contributed by atoms with van der Waals surface area (Å²) in [6, 6.07) is 26.0. The van der Waals surface area contributed by atoms with Gasteiger partial charge in [-0.15, -0.1) is 0 Å². The SMILES string of the molecule is C=C(C(=O)OC(C)(C)C)[C@@H](c1ccccc1)[C@]1(C#N)c2ccccc2C=CN1C(=O)c1ccc(Br)cc1. The molecule has 3 aromatic rings. The van der Waals surface area contributed by atoms with Gasteiger partial charge in [0.05, 0.1) is 12.0 Å². The minimum absolute atomic E-state index is 0.0846. The topological polar surface area (TPSA) is 70.4 Å². The van der Waals surface area contributed by atoms with Crippen LogP contribution >= 0.6 is 15.9 Å². The Morgan fingerprint density at radius 1 is 1.00 bits per heavy atom. The minimum Gasteiger partial charge on any atom is -0.457 e. The number of nitrogens with zero attached hydrogens (tertiary/aromatic N) is 2. The smallest absolute Gasteiger partial charge is 0.334 e. The van der Waals surface area contributed by atoms with Gasteiger partial charge in [-0.1, -0.05) is 77.1 Å². The highest BCUT2D eigenvalue weighted by Crippen LogP contribution is 2.50. The fourth-order valence-electron chi connectivity index (χ4n) is 4.63. The lowest BCUT2D eigenvalue weighted by molar-refractivity contribution is -0.150. The summed E-state index contributed by atoms with van der Waals surface area (Å²) < 4.78 is 6.52. The van der Waals surface area contributed by atoms with Crippen molar-refractivity contribution in [2.24, 2.45) is 0 Å². The summed E-state index contributed by atoms with van der Waals surface area (Å²) in [6.45, 7) is 9.47. The number of carbonyl (C=O) groups excluding carboxylic acids is 2. The average Bonchev–Trinajstić information content (AvgIpc) is 2.88. The Morgan fingerprint density at radius 3 is 2.24 bits per heavy atom. The number of hydrogen-bond acceptors (Lipinski definition) is 4. The molecule has 0 aromatic heterocycles. The van der Waals surface area contributed by atoms with E-state index in [1.807, 2.05) is 54.6 Å². The van der Waals surface area contributed by atoms with Crippen LogP contribution in [0.15, 0.2) is 102 Å². The Bertz CT molecular complexity index is 1420. The first-order valence-corrected chi connectivity index (χ1v) is 12.6. The number of nitriles is 1. The molecule has 0 bridgehead atoms. The molecule has 0 unspecified atom stereocenters. The van der Waals surface area contributed by atoms with Crippen LogP contribution in [0.3, 0.4) is 0 Å². The van der Waals surface area contributed by atoms with Crippen molar-refractivity contribution < 1.29 is 14.3 Å². The zero-order valence-corrected chi connectivity index (χ0v) is 22.5. The maximum Gasteiger partial charge on any atom is 0.334 e. The molecule has 6 heteroatoms. The first-order chi connectivity index (χ1) is 17.6. The maximum atomic E-state index is 14.0. The third-order valence-corrected chi connectivity index (χ3v) is 6.72. The van der Waals surface area contributed by atoms with Gasteiger partial charge in [-0.05, 0) is 62.2 Å². The second-order valence-corrected chi connectivity index (χ2v) is 10.7. The lowest BCUT2D eigenvalue weighted by Crippen LogP contribution is -2.52. The van der Waals surface area contributed by atoms with Gasteiger partial charge in [-0.25, -0.2) is 4.79 Å². The van der Waals surface area contributed by atoms with Crippen LogP contribution < -0.4 is 0 Å². The molecule has 0 spiro atoms. The van der Waals surface area contributed by atoms with Gasteiger partial charge in [0.2, 0.25) is 0 Å². The summed E-state index contributed by atoms with van der Waals surface area (Å²) in [7, 11) is 0. The molecule has 3 aromatic carbocycles. The van der Waals surface area contributed by atoms with Crippen LogP contribution in [0.1, 0.15) is 53.7 Å². The predicted octanol–water partition coefficient (Wildman–Crippen LogP) is 6.98. The van der Waals surface area contributed by atoms with Crippen molar-refractivity contribution in [3.63, 3.8) is 0 Å². The highest BCUT2D eigenvalue weighted by Gasteiger charge is 2.53. The zero-order valence-electron chi connectivity index (χ0n) is 20.9. The van der Waals surface area contributed by atoms with Gasteiger partial charge < -0.3 is 4.74 Å². The Kier molecular flexibility index (Phi) is 7.20. The standard InChI is InChI=1S/C31H27BrN2O3/c1-21(29(36)37-30(2,3)4)27(23-11-6-5-7-12-23)31(20-33)26-13-9-8-10-22(26)18-19-34(31)28(35)24-14-16-25(32)17-15-24/h5-19,27H,1H2,2-4H3/t27-,31-/m0/s1. The molecule has 4 rings (SSSR count). The van der Waals surface area contributed by atoms with Gasteiger partial charge in [-0.3, -0.25) is 9.69 Å². The number of hydrogen-bond donors (Lipinski definition) is 0. The Labute approximate surface area is 225 Å². The van der Waals surface area contributed by atoms with Crippen LogP contribution in [-0.4, -0.2) is 22.4 Å². The van der Waals surface area contributed by atoms with E-state index in [9.17, 15) is 14.9 Å². The molecule has 0 saturated carbocycles. The van der Waals surface area contributed by atoms with Crippen molar-refractivity contribution in [3.8, 4) is 6.07 Å². The Morgan fingerprint density at radius 2 is 1.62 bits per heavy atom. The second kappa shape index (κ2) is 10.2. The molecule has 0 saturated heterocycles. The number of carbonyl (C=O) groups is 2. The minimum atomic E-state index is -1.62. The van der Waals surface area contributed by atoms with E-state index in [2.05, 4.69) is 28.6 Å². The van der Waals surface area contributed by atoms with Crippen LogP contribution in [0.4, 0.5) is 0 Å². The quantitative estimate of drug-likeness (QED) is 0.252. The van der Waals surface area contributed by atoms with Crippen molar-refractivity contribution in [2.45, 2.75) is 37.8 Å². The van der Waals surface area contributed by atoms with Crippen LogP contribution in [0.25, 0.3) is 6.08 Å². The molecule has 0 radical (unpaired) electrons. The molecule has 2 atom stereocenters. The molecule has 0 fully saturated rings. The van der Waals surface area contributed by atoms with Gasteiger partial charge in [0.25, 0.3) is 5.91 Å². The van der Waals surface area contributed by atoms with Gasteiger partial charge in [-0.2, -0.15) is 5.26 Å². The summed E-state index contributed by atoms with van der Waals surface area (Å²) in [6.07, 6.45) is 3.42. The number of fused-ring (bicyclic) bond motifs is 1. The summed E-state index contributed by atoms with van der Waals surface area (Å²) in [4.78, 5) is 28.8. The number of rotatable bonds is 5. The fourth-order valence-corrected chi connectivity index (χ4v) is 4.89. The normalized spacial score (nSPS) is 17.3. The lowest BCUT2D eigenvalue weighted by Gasteiger charge is -2.46. The number of amides is 1. The summed E-state index contributed by atoms with van der Waals surface area (Å²) in [5.41, 5.74) is 0.149. The Hall–Kier alpha value is -3.95. The van der Waals surface area contributed by atoms with E-state index in [1.165, 1.54) is 4.90 Å². The van der Waals surface area contributed by atoms with Crippen molar-refractivity contribution in [3.05, 3.63) is 124 Å². The third-order valence-electron chi connectivity index (χ3n) is 6.20. The molecule has 1 heterocycles. The molecule has 5 nitrogen and oxygen atoms in total. The summed E-state index contributed by atoms with van der Waals surface area (Å²) in [5, 5.41) is 11.0. The Balaban J connectivity index is 1.99. The van der Waals surface area contributed by atoms with E-state index in [1.54, 1.807) is 57.3 Å². The van der Waals surface area contributed by atoms with Crippen molar-refractivity contribution >= 4 is 33.9 Å². The number of benzene rings is 3. The molecule has 186 valence electrons. The summed E-state index contributed by atoms with van der Waals surface area (Å²) >= 11 is 3.41. The van der Waals surface area contributed by atoms with E-state index in [0.29, 0.717) is 16.7 Å². The molecular formula is C31H27BrN2O3. The molecule has 37 heavy (non-hydrogen) atoms. The van der Waals surface area contributed by atoms with Crippen molar-refractivity contribution in [1.29, 1.82) is 5.26 Å². The van der Waals surface area contributed by atoms with Crippen LogP contribution in [0.2, 0.25) is 0 Å². The monoisotopic (exact) mass is 554 g/mol. The summed E-state index contributed by atoms with van der Waals surface area (Å²) in [5.74, 6) is -1.92. The fraction of sp³-hybridized carbons (Fsp3) is 0.194. The average molecular weight is 555 g/mol. The van der Waals surface area contributed by atoms with E-state index in [4.69, 9.17) is 4.74 Å². The van der Waals surface area contributed by atoms with Crippen molar-refractivity contribution in [2.75, 3.05) is 0 Å². The van der Waals surface area contributed by atoms with Gasteiger partial charge in [0.15, 0.2) is 5.54 Å². The number of ether oxygens (including phenoxy) is 1. The molecule has 1 aliphatic heterocycles. The first-order valence-electron chi connectivity index (χ1n) is 11.8. The molecule has 0 N–H and O–H groups in total. The number of halogens is 1. The van der Waals surface area contributed by atoms with E-state index >= 15 is 0 Å². The van der Waals surface area contributed by atoms with E-state index in [0.717, 1.165) is 10.0 Å². The van der Waals surface area contributed by atoms with Crippen LogP contribution in [-0.2, 0) is 15.1 Å². The second-order valence-electron chi connectivity index (χ2n) is 9.83. The van der Waals surface area contributed by atoms with Crippen LogP contribution in [0, 0.1) is 11.3 Å². The predicted molar refractivity (Wildman–Crippen MR) is 147 cm³/mol. The molecule has 1 amide bonds. The van der Waals surface area contributed by atoms with Gasteiger partial charge in [0.1, 0.15) is 5.60 Å². The van der Waals surface area contributed by atoms with E-state index in [-0.39, 0.29) is 11.5 Å². The lowest BCUT2D eigenvalue weighted by atomic mass is 9.68. The highest BCUT2D eigenvalue weighted by molar-refractivity contribution is 9.10. The maximum absolute atomic E-state index is 14.0. The highest BCUT2D eigenvalue weighted by atomic mass is 79.9. The van der Waals surface area contributed by atoms with Gasteiger partial charge >= 0.3 is 5.97 Å². The van der Waals surface area contributed by atoms with E-state index < -0.39 is 23.0 Å². The zero-order chi connectivity index (χ0) is 26.8. The van der Waals surface area contributed by atoms with Crippen LogP contribution in [0.5, 0.6) is 0 Å².